The fourth-order valence-corrected chi connectivity index (χ4v) is 3.93. The van der Waals surface area contributed by atoms with Gasteiger partial charge in [0.2, 0.25) is 5.84 Å². The highest BCUT2D eigenvalue weighted by molar-refractivity contribution is 6.39. The van der Waals surface area contributed by atoms with Gasteiger partial charge in [-0.3, -0.25) is 19.9 Å². The van der Waals surface area contributed by atoms with Crippen molar-refractivity contribution in [2.24, 2.45) is 4.99 Å². The zero-order valence-electron chi connectivity index (χ0n) is 18.1. The number of amides is 2. The molecule has 1 N–H and O–H groups in total. The molecule has 7 nitrogen and oxygen atoms in total. The summed E-state index contributed by atoms with van der Waals surface area (Å²) in [6, 6.07) is 17.3. The van der Waals surface area contributed by atoms with Crippen molar-refractivity contribution in [1.82, 2.24) is 15.2 Å². The van der Waals surface area contributed by atoms with E-state index in [-0.39, 0.29) is 17.6 Å². The topological polar surface area (TPSA) is 68.2 Å². The van der Waals surface area contributed by atoms with Gasteiger partial charge in [0.25, 0.3) is 11.8 Å². The molecule has 0 aromatic heterocycles. The predicted octanol–water partition coefficient (Wildman–Crippen LogP) is 2.37. The molecule has 2 aliphatic heterocycles. The number of rotatable bonds is 4. The molecule has 1 atom stereocenters. The highest BCUT2D eigenvalue weighted by atomic mass is 16.2. The molecule has 0 bridgehead atoms. The first-order chi connectivity index (χ1) is 15.0. The van der Waals surface area contributed by atoms with Crippen LogP contribution < -0.4 is 10.4 Å². The number of carbonyl (C=O) groups excluding carboxylic acids is 2. The third-order valence-electron chi connectivity index (χ3n) is 5.74. The smallest absolute Gasteiger partial charge is 0.290 e. The summed E-state index contributed by atoms with van der Waals surface area (Å²) in [5.74, 6) is -0.108. The second-order valence-corrected chi connectivity index (χ2v) is 8.18. The van der Waals surface area contributed by atoms with E-state index in [2.05, 4.69) is 46.5 Å². The van der Waals surface area contributed by atoms with Crippen LogP contribution in [0.5, 0.6) is 0 Å². The van der Waals surface area contributed by atoms with Crippen molar-refractivity contribution in [2.75, 3.05) is 31.2 Å². The summed E-state index contributed by atoms with van der Waals surface area (Å²) in [4.78, 5) is 34.4. The second kappa shape index (κ2) is 9.31. The van der Waals surface area contributed by atoms with E-state index in [0.717, 1.165) is 26.1 Å². The van der Waals surface area contributed by atoms with Crippen LogP contribution in [-0.4, -0.2) is 59.7 Å². The summed E-state index contributed by atoms with van der Waals surface area (Å²) in [7, 11) is 0. The van der Waals surface area contributed by atoms with Gasteiger partial charge in [0.15, 0.2) is 0 Å². The van der Waals surface area contributed by atoms with Crippen LogP contribution in [0.15, 0.2) is 59.6 Å². The minimum absolute atomic E-state index is 0.155. The summed E-state index contributed by atoms with van der Waals surface area (Å²) in [6.07, 6.45) is 0.905. The van der Waals surface area contributed by atoms with E-state index in [1.54, 1.807) is 6.92 Å². The van der Waals surface area contributed by atoms with Crippen molar-refractivity contribution >= 4 is 23.3 Å². The Hall–Kier alpha value is -3.19. The van der Waals surface area contributed by atoms with Crippen LogP contribution in [0, 0.1) is 6.92 Å². The molecular weight excluding hydrogens is 390 g/mol. The van der Waals surface area contributed by atoms with E-state index in [1.165, 1.54) is 16.1 Å². The molecule has 7 heteroatoms. The molecule has 2 heterocycles. The van der Waals surface area contributed by atoms with Crippen LogP contribution in [0.3, 0.4) is 0 Å². The Morgan fingerprint density at radius 2 is 1.77 bits per heavy atom. The number of hydrazine groups is 1. The molecule has 162 valence electrons. The average Bonchev–Trinajstić information content (AvgIpc) is 3.03. The van der Waals surface area contributed by atoms with Gasteiger partial charge in [-0.15, -0.1) is 0 Å². The van der Waals surface area contributed by atoms with E-state index >= 15 is 0 Å². The number of hydrogen-bond donors (Lipinski definition) is 1. The number of benzene rings is 2. The molecule has 1 fully saturated rings. The predicted molar refractivity (Wildman–Crippen MR) is 122 cm³/mol. The number of nitrogens with one attached hydrogen (secondary N) is 1. The normalized spacial score (nSPS) is 20.1. The summed E-state index contributed by atoms with van der Waals surface area (Å²) in [5.41, 5.74) is 6.19. The summed E-state index contributed by atoms with van der Waals surface area (Å²) in [6.45, 7) is 7.77. The Kier molecular flexibility index (Phi) is 6.32. The standard InChI is InChI=1S/C24H29N5O2/c1-18-9-11-20(12-10-18)17-27-13-6-14-28(16-15-27)24(31)22-25-19(2)23(30)29(26-22)21-7-4-3-5-8-21/h3-5,7-12,19H,6,13-17H2,1-2H3,(H,25,26)/t19-/m0/s1. The molecule has 2 amide bonds. The van der Waals surface area contributed by atoms with Crippen molar-refractivity contribution in [1.29, 1.82) is 0 Å². The molecule has 4 rings (SSSR count). The van der Waals surface area contributed by atoms with E-state index in [4.69, 9.17) is 0 Å². The van der Waals surface area contributed by atoms with E-state index < -0.39 is 6.04 Å². The summed E-state index contributed by atoms with van der Waals surface area (Å²) in [5, 5.41) is 1.42. The number of hydrogen-bond acceptors (Lipinski definition) is 5. The third-order valence-corrected chi connectivity index (χ3v) is 5.74. The van der Waals surface area contributed by atoms with Crippen LogP contribution in [0.4, 0.5) is 5.69 Å². The number of para-hydroxylation sites is 1. The molecule has 31 heavy (non-hydrogen) atoms. The van der Waals surface area contributed by atoms with Gasteiger partial charge in [-0.25, -0.2) is 10.0 Å². The van der Waals surface area contributed by atoms with Gasteiger partial charge in [-0.2, -0.15) is 0 Å². The fourth-order valence-electron chi connectivity index (χ4n) is 3.93. The molecule has 2 aromatic rings. The number of aliphatic imine (C=N–C) groups is 1. The maximum Gasteiger partial charge on any atom is 0.290 e. The largest absolute Gasteiger partial charge is 0.335 e. The van der Waals surface area contributed by atoms with Crippen LogP contribution in [0.2, 0.25) is 0 Å². The van der Waals surface area contributed by atoms with E-state index in [1.807, 2.05) is 35.2 Å². The Morgan fingerprint density at radius 3 is 2.52 bits per heavy atom. The molecule has 2 aromatic carbocycles. The molecule has 0 aliphatic carbocycles. The van der Waals surface area contributed by atoms with Gasteiger partial charge < -0.3 is 4.90 Å². The quantitative estimate of drug-likeness (QED) is 0.826. The number of nitrogens with zero attached hydrogens (tertiary/aromatic N) is 4. The lowest BCUT2D eigenvalue weighted by Crippen LogP contribution is -2.58. The number of aryl methyl sites for hydroxylation is 1. The zero-order chi connectivity index (χ0) is 21.8. The first kappa shape index (κ1) is 21.1. The molecular formula is C24H29N5O2. The van der Waals surface area contributed by atoms with Crippen molar-refractivity contribution in [2.45, 2.75) is 32.9 Å². The summed E-state index contributed by atoms with van der Waals surface area (Å²) >= 11 is 0. The molecule has 2 aliphatic rings. The Morgan fingerprint density at radius 1 is 1.03 bits per heavy atom. The third kappa shape index (κ3) is 4.94. The van der Waals surface area contributed by atoms with Crippen LogP contribution in [0.1, 0.15) is 24.5 Å². The van der Waals surface area contributed by atoms with Gasteiger partial charge >= 0.3 is 0 Å². The van der Waals surface area contributed by atoms with Gasteiger partial charge in [-0.1, -0.05) is 48.0 Å². The monoisotopic (exact) mass is 419 g/mol. The van der Waals surface area contributed by atoms with Gasteiger partial charge in [0, 0.05) is 32.7 Å². The minimum Gasteiger partial charge on any atom is -0.335 e. The number of amidine groups is 1. The van der Waals surface area contributed by atoms with Crippen LogP contribution >= 0.6 is 0 Å². The van der Waals surface area contributed by atoms with E-state index in [9.17, 15) is 9.59 Å². The SMILES string of the molecule is Cc1ccc(CN2CCCN(C(=O)C3=N[C@@H](C)C(=O)N(c4ccccc4)N3)CC2)cc1. The zero-order valence-corrected chi connectivity index (χ0v) is 18.1. The Bertz CT molecular complexity index is 958. The van der Waals surface area contributed by atoms with E-state index in [0.29, 0.717) is 18.8 Å². The van der Waals surface area contributed by atoms with Gasteiger partial charge in [0.05, 0.1) is 5.69 Å². The lowest BCUT2D eigenvalue weighted by atomic mass is 10.1. The maximum absolute atomic E-state index is 13.2. The first-order valence-corrected chi connectivity index (χ1v) is 10.8. The molecule has 0 spiro atoms. The molecule has 0 saturated carbocycles. The Balaban J connectivity index is 1.41. The van der Waals surface area contributed by atoms with Crippen molar-refractivity contribution < 1.29 is 9.59 Å². The molecule has 1 saturated heterocycles. The lowest BCUT2D eigenvalue weighted by molar-refractivity contribution is -0.124. The van der Waals surface area contributed by atoms with Crippen LogP contribution in [-0.2, 0) is 16.1 Å². The fraction of sp³-hybridized carbons (Fsp3) is 0.375. The Labute approximate surface area is 183 Å². The lowest BCUT2D eigenvalue weighted by Gasteiger charge is -2.32. The van der Waals surface area contributed by atoms with Crippen molar-refractivity contribution in [3.8, 4) is 0 Å². The minimum atomic E-state index is -0.606. The van der Waals surface area contributed by atoms with Gasteiger partial charge in [-0.05, 0) is 38.0 Å². The second-order valence-electron chi connectivity index (χ2n) is 8.18. The number of carbonyl (C=O) groups is 2. The van der Waals surface area contributed by atoms with Crippen LogP contribution in [0.25, 0.3) is 0 Å². The summed E-state index contributed by atoms with van der Waals surface area (Å²) < 4.78 is 0. The van der Waals surface area contributed by atoms with Gasteiger partial charge in [0.1, 0.15) is 6.04 Å². The average molecular weight is 420 g/mol. The highest BCUT2D eigenvalue weighted by Crippen LogP contribution is 2.17. The van der Waals surface area contributed by atoms with Crippen molar-refractivity contribution in [3.63, 3.8) is 0 Å². The van der Waals surface area contributed by atoms with Crippen molar-refractivity contribution in [3.05, 3.63) is 65.7 Å². The highest BCUT2D eigenvalue weighted by Gasteiger charge is 2.33. The molecule has 0 radical (unpaired) electrons. The number of anilines is 1. The molecule has 0 unspecified atom stereocenters. The maximum atomic E-state index is 13.2. The first-order valence-electron chi connectivity index (χ1n) is 10.8.